The van der Waals surface area contributed by atoms with E-state index in [4.69, 9.17) is 16.3 Å². The van der Waals surface area contributed by atoms with Crippen molar-refractivity contribution < 1.29 is 24.0 Å². The van der Waals surface area contributed by atoms with Gasteiger partial charge in [-0.05, 0) is 29.8 Å². The number of ether oxygens (including phenoxy) is 1. The third kappa shape index (κ3) is 5.95. The van der Waals surface area contributed by atoms with Crippen molar-refractivity contribution in [1.82, 2.24) is 9.88 Å². The summed E-state index contributed by atoms with van der Waals surface area (Å²) < 4.78 is 6.51. The summed E-state index contributed by atoms with van der Waals surface area (Å²) in [6, 6.07) is 13.9. The number of nitro benzene ring substituents is 1. The number of anilines is 1. The van der Waals surface area contributed by atoms with Crippen LogP contribution in [-0.2, 0) is 23.1 Å². The van der Waals surface area contributed by atoms with Crippen molar-refractivity contribution in [2.24, 2.45) is 7.05 Å². The molecule has 0 spiro atoms. The quantitative estimate of drug-likeness (QED) is 0.293. The normalized spacial score (nSPS) is 10.4. The number of benzene rings is 2. The van der Waals surface area contributed by atoms with Crippen molar-refractivity contribution in [2.75, 3.05) is 11.9 Å². The molecule has 0 aliphatic carbocycles. The first kappa shape index (κ1) is 23.5. The fraction of sp³-hybridized carbons (Fsp3) is 0.136. The van der Waals surface area contributed by atoms with Crippen LogP contribution in [0, 0.1) is 10.1 Å². The summed E-state index contributed by atoms with van der Waals surface area (Å²) in [6.45, 7) is -0.509. The Kier molecular flexibility index (Phi) is 7.42. The number of nitrogens with zero attached hydrogens (tertiary/aromatic N) is 2. The predicted molar refractivity (Wildman–Crippen MR) is 120 cm³/mol. The third-order valence-corrected chi connectivity index (χ3v) is 4.99. The number of esters is 1. The molecule has 2 N–H and O–H groups in total. The van der Waals surface area contributed by atoms with Crippen molar-refractivity contribution in [2.45, 2.75) is 6.54 Å². The van der Waals surface area contributed by atoms with Crippen molar-refractivity contribution in [1.29, 1.82) is 0 Å². The molecule has 1 heterocycles. The summed E-state index contributed by atoms with van der Waals surface area (Å²) in [4.78, 5) is 47.2. The number of halogens is 1. The molecule has 0 saturated carbocycles. The van der Waals surface area contributed by atoms with Gasteiger partial charge < -0.3 is 14.6 Å². The Labute approximate surface area is 193 Å². The smallest absolute Gasteiger partial charge is 0.341 e. The second-order valence-corrected chi connectivity index (χ2v) is 7.30. The fourth-order valence-corrected chi connectivity index (χ4v) is 3.14. The molecule has 2 aromatic carbocycles. The molecule has 0 aliphatic rings. The monoisotopic (exact) mass is 470 g/mol. The van der Waals surface area contributed by atoms with Gasteiger partial charge in [-0.3, -0.25) is 25.0 Å². The van der Waals surface area contributed by atoms with Gasteiger partial charge in [-0.1, -0.05) is 29.8 Å². The van der Waals surface area contributed by atoms with Gasteiger partial charge in [0.25, 0.3) is 17.5 Å². The number of nitrogens with one attached hydrogen (secondary N) is 2. The van der Waals surface area contributed by atoms with Crippen LogP contribution in [0.1, 0.15) is 26.4 Å². The van der Waals surface area contributed by atoms with Crippen LogP contribution in [0.2, 0.25) is 5.02 Å². The number of aromatic nitrogens is 1. The van der Waals surface area contributed by atoms with Crippen LogP contribution in [0.15, 0.2) is 60.8 Å². The molecule has 1 aromatic heterocycles. The van der Waals surface area contributed by atoms with Crippen molar-refractivity contribution in [3.05, 3.63) is 92.8 Å². The molecule has 0 atom stereocenters. The summed E-state index contributed by atoms with van der Waals surface area (Å²) in [5.41, 5.74) is 0.784. The van der Waals surface area contributed by atoms with Gasteiger partial charge >= 0.3 is 5.97 Å². The van der Waals surface area contributed by atoms with Crippen LogP contribution in [0.25, 0.3) is 0 Å². The van der Waals surface area contributed by atoms with Gasteiger partial charge in [-0.15, -0.1) is 0 Å². The zero-order valence-electron chi connectivity index (χ0n) is 17.4. The highest BCUT2D eigenvalue weighted by molar-refractivity contribution is 6.31. The van der Waals surface area contributed by atoms with E-state index in [1.54, 1.807) is 43.6 Å². The molecule has 0 aliphatic heterocycles. The second-order valence-electron chi connectivity index (χ2n) is 6.89. The Morgan fingerprint density at radius 3 is 2.55 bits per heavy atom. The molecule has 11 heteroatoms. The number of non-ortho nitro benzene ring substituents is 1. The molecule has 0 saturated heterocycles. The molecule has 3 aromatic rings. The van der Waals surface area contributed by atoms with Crippen LogP contribution < -0.4 is 10.6 Å². The highest BCUT2D eigenvalue weighted by Gasteiger charge is 2.20. The molecule has 3 rings (SSSR count). The summed E-state index contributed by atoms with van der Waals surface area (Å²) in [5, 5.41) is 16.8. The first-order valence-electron chi connectivity index (χ1n) is 9.64. The SMILES string of the molecule is Cn1cccc1C(=O)NC(=O)COC(=O)c1cc([N+](=O)[O-])ccc1NCc1ccccc1Cl. The van der Waals surface area contributed by atoms with E-state index in [1.165, 1.54) is 22.8 Å². The summed E-state index contributed by atoms with van der Waals surface area (Å²) >= 11 is 6.14. The zero-order chi connectivity index (χ0) is 24.0. The highest BCUT2D eigenvalue weighted by Crippen LogP contribution is 2.25. The molecule has 0 unspecified atom stereocenters. The van der Waals surface area contributed by atoms with Gasteiger partial charge in [-0.25, -0.2) is 4.79 Å². The predicted octanol–water partition coefficient (Wildman–Crippen LogP) is 3.31. The van der Waals surface area contributed by atoms with Crippen LogP contribution in [0.3, 0.4) is 0 Å². The van der Waals surface area contributed by atoms with Crippen LogP contribution in [0.4, 0.5) is 11.4 Å². The number of nitro groups is 1. The Balaban J connectivity index is 1.69. The second kappa shape index (κ2) is 10.4. The van der Waals surface area contributed by atoms with Gasteiger partial charge in [0, 0.05) is 42.6 Å². The first-order chi connectivity index (χ1) is 15.8. The molecular weight excluding hydrogens is 452 g/mol. The van der Waals surface area contributed by atoms with Gasteiger partial charge in [0.05, 0.1) is 10.5 Å². The number of hydrogen-bond acceptors (Lipinski definition) is 7. The molecular formula is C22H19ClN4O6. The lowest BCUT2D eigenvalue weighted by Crippen LogP contribution is -2.35. The summed E-state index contributed by atoms with van der Waals surface area (Å²) in [6.07, 6.45) is 1.64. The van der Waals surface area contributed by atoms with E-state index in [9.17, 15) is 24.5 Å². The summed E-state index contributed by atoms with van der Waals surface area (Å²) in [5.74, 6) is -2.46. The average molecular weight is 471 g/mol. The van der Waals surface area contributed by atoms with Gasteiger partial charge in [0.1, 0.15) is 5.69 Å². The van der Waals surface area contributed by atoms with E-state index in [0.717, 1.165) is 11.6 Å². The standard InChI is InChI=1S/C22H19ClN4O6/c1-26-10-4-7-19(26)21(29)25-20(28)13-33-22(30)16-11-15(27(31)32)8-9-18(16)24-12-14-5-2-3-6-17(14)23/h2-11,24H,12-13H2,1H3,(H,25,28,29). The Hall–Kier alpha value is -4.18. The maximum Gasteiger partial charge on any atom is 0.341 e. The minimum atomic E-state index is -0.971. The first-order valence-corrected chi connectivity index (χ1v) is 10.0. The van der Waals surface area contributed by atoms with Crippen LogP contribution in [0.5, 0.6) is 0 Å². The van der Waals surface area contributed by atoms with E-state index in [1.807, 2.05) is 0 Å². The molecule has 0 bridgehead atoms. The number of aryl methyl sites for hydroxylation is 1. The number of rotatable bonds is 8. The molecule has 2 amide bonds. The Morgan fingerprint density at radius 2 is 1.88 bits per heavy atom. The highest BCUT2D eigenvalue weighted by atomic mass is 35.5. The lowest BCUT2D eigenvalue weighted by atomic mass is 10.1. The van der Waals surface area contributed by atoms with Crippen molar-refractivity contribution in [3.8, 4) is 0 Å². The average Bonchev–Trinajstić information content (AvgIpc) is 3.22. The number of amides is 2. The van der Waals surface area contributed by atoms with Crippen molar-refractivity contribution >= 4 is 40.8 Å². The Bertz CT molecular complexity index is 1220. The van der Waals surface area contributed by atoms with E-state index in [-0.39, 0.29) is 29.2 Å². The van der Waals surface area contributed by atoms with Gasteiger partial charge in [0.15, 0.2) is 6.61 Å². The maximum absolute atomic E-state index is 12.6. The molecule has 33 heavy (non-hydrogen) atoms. The van der Waals surface area contributed by atoms with E-state index in [0.29, 0.717) is 5.02 Å². The third-order valence-electron chi connectivity index (χ3n) is 4.62. The molecule has 0 radical (unpaired) electrons. The van der Waals surface area contributed by atoms with E-state index in [2.05, 4.69) is 10.6 Å². The van der Waals surface area contributed by atoms with E-state index < -0.39 is 29.3 Å². The Morgan fingerprint density at radius 1 is 1.12 bits per heavy atom. The largest absolute Gasteiger partial charge is 0.452 e. The number of hydrogen-bond donors (Lipinski definition) is 2. The summed E-state index contributed by atoms with van der Waals surface area (Å²) in [7, 11) is 1.64. The van der Waals surface area contributed by atoms with Crippen molar-refractivity contribution in [3.63, 3.8) is 0 Å². The number of carbonyl (C=O) groups is 3. The maximum atomic E-state index is 12.6. The van der Waals surface area contributed by atoms with Crippen LogP contribution in [-0.4, -0.2) is 33.9 Å². The van der Waals surface area contributed by atoms with Crippen LogP contribution >= 0.6 is 11.6 Å². The minimum Gasteiger partial charge on any atom is -0.452 e. The molecule has 10 nitrogen and oxygen atoms in total. The van der Waals surface area contributed by atoms with E-state index >= 15 is 0 Å². The lowest BCUT2D eigenvalue weighted by molar-refractivity contribution is -0.384. The van der Waals surface area contributed by atoms with Gasteiger partial charge in [-0.2, -0.15) is 0 Å². The van der Waals surface area contributed by atoms with Gasteiger partial charge in [0.2, 0.25) is 0 Å². The molecule has 170 valence electrons. The number of imide groups is 1. The zero-order valence-corrected chi connectivity index (χ0v) is 18.2. The minimum absolute atomic E-state index is 0.141. The molecule has 0 fully saturated rings. The number of carbonyl (C=O) groups excluding carboxylic acids is 3. The fourth-order valence-electron chi connectivity index (χ4n) is 2.93. The topological polar surface area (TPSA) is 133 Å². The lowest BCUT2D eigenvalue weighted by Gasteiger charge is -2.13.